The third-order valence-electron chi connectivity index (χ3n) is 5.27. The van der Waals surface area contributed by atoms with Crippen LogP contribution in [0, 0.1) is 0 Å². The molecule has 0 amide bonds. The van der Waals surface area contributed by atoms with Gasteiger partial charge in [-0.2, -0.15) is 4.98 Å². The Morgan fingerprint density at radius 2 is 1.79 bits per heavy atom. The monoisotopic (exact) mass is 404 g/mol. The van der Waals surface area contributed by atoms with E-state index in [0.29, 0.717) is 35.0 Å². The molecule has 2 heterocycles. The topological polar surface area (TPSA) is 69.4 Å². The summed E-state index contributed by atoms with van der Waals surface area (Å²) in [5.74, 6) is 1.97. The lowest BCUT2D eigenvalue weighted by atomic mass is 9.82. The van der Waals surface area contributed by atoms with E-state index in [0.717, 1.165) is 22.6 Å². The molecule has 0 bridgehead atoms. The zero-order valence-corrected chi connectivity index (χ0v) is 16.4. The number of hydrogen-bond donors (Lipinski definition) is 0. The lowest BCUT2D eigenvalue weighted by molar-refractivity contribution is 0.0962. The fraction of sp³-hybridized carbons (Fsp3) is 0.182. The second-order valence-electron chi connectivity index (χ2n) is 7.09. The quantitative estimate of drug-likeness (QED) is 0.507. The number of hydrogen-bond acceptors (Lipinski definition) is 5. The van der Waals surface area contributed by atoms with Crippen LogP contribution in [0.2, 0.25) is 5.02 Å². The number of benzene rings is 2. The van der Waals surface area contributed by atoms with Crippen molar-refractivity contribution in [2.24, 2.45) is 0 Å². The van der Waals surface area contributed by atoms with E-state index in [4.69, 9.17) is 16.3 Å². The summed E-state index contributed by atoms with van der Waals surface area (Å²) in [6.45, 7) is 0. The van der Waals surface area contributed by atoms with E-state index in [-0.39, 0.29) is 11.7 Å². The Bertz CT molecular complexity index is 1220. The highest BCUT2D eigenvalue weighted by Crippen LogP contribution is 2.32. The number of ketones is 1. The molecule has 1 unspecified atom stereocenters. The third kappa shape index (κ3) is 3.25. The zero-order valence-electron chi connectivity index (χ0n) is 15.7. The summed E-state index contributed by atoms with van der Waals surface area (Å²) >= 11 is 5.99. The van der Waals surface area contributed by atoms with Crippen LogP contribution < -0.4 is 4.74 Å². The van der Waals surface area contributed by atoms with Crippen LogP contribution in [0.3, 0.4) is 0 Å². The van der Waals surface area contributed by atoms with Crippen molar-refractivity contribution in [3.63, 3.8) is 0 Å². The molecule has 0 saturated heterocycles. The van der Waals surface area contributed by atoms with E-state index in [2.05, 4.69) is 15.1 Å². The minimum absolute atomic E-state index is 0.0714. The van der Waals surface area contributed by atoms with Gasteiger partial charge in [0.1, 0.15) is 5.75 Å². The molecule has 0 saturated carbocycles. The first-order valence-electron chi connectivity index (χ1n) is 9.30. The number of Topliss-reactive ketones (excluding diaryl/α,β-unsaturated/α-hetero) is 1. The largest absolute Gasteiger partial charge is 0.497 e. The maximum absolute atomic E-state index is 12.8. The van der Waals surface area contributed by atoms with Crippen molar-refractivity contribution in [1.82, 2.24) is 19.6 Å². The molecule has 2 aromatic carbocycles. The summed E-state index contributed by atoms with van der Waals surface area (Å²) in [5.41, 5.74) is 3.34. The van der Waals surface area contributed by atoms with Gasteiger partial charge in [0.2, 0.25) is 0 Å². The van der Waals surface area contributed by atoms with Crippen LogP contribution in [0.5, 0.6) is 5.75 Å². The Morgan fingerprint density at radius 3 is 2.52 bits per heavy atom. The van der Waals surface area contributed by atoms with E-state index in [1.54, 1.807) is 17.8 Å². The summed E-state index contributed by atoms with van der Waals surface area (Å²) in [5, 5.41) is 5.19. The molecular weight excluding hydrogens is 388 g/mol. The number of ether oxygens (including phenoxy) is 1. The molecule has 1 aliphatic rings. The van der Waals surface area contributed by atoms with E-state index in [1.165, 1.54) is 0 Å². The number of fused-ring (bicyclic) bond motifs is 2. The molecule has 144 valence electrons. The first-order chi connectivity index (χ1) is 14.1. The Balaban J connectivity index is 1.51. The molecule has 4 aromatic rings. The molecule has 0 fully saturated rings. The van der Waals surface area contributed by atoms with Gasteiger partial charge in [0.25, 0.3) is 5.78 Å². The van der Waals surface area contributed by atoms with Crippen LogP contribution in [0.25, 0.3) is 17.2 Å². The van der Waals surface area contributed by atoms with E-state index in [1.807, 2.05) is 48.5 Å². The van der Waals surface area contributed by atoms with Crippen LogP contribution >= 0.6 is 11.6 Å². The molecule has 0 spiro atoms. The molecule has 7 heteroatoms. The summed E-state index contributed by atoms with van der Waals surface area (Å²) in [4.78, 5) is 22.0. The van der Waals surface area contributed by atoms with Gasteiger partial charge in [-0.3, -0.25) is 4.79 Å². The summed E-state index contributed by atoms with van der Waals surface area (Å²) in [6.07, 6.45) is 2.88. The molecule has 0 N–H and O–H groups in total. The van der Waals surface area contributed by atoms with Crippen LogP contribution in [0.1, 0.15) is 34.0 Å². The van der Waals surface area contributed by atoms with E-state index in [9.17, 15) is 4.79 Å². The number of halogens is 1. The minimum Gasteiger partial charge on any atom is -0.497 e. The van der Waals surface area contributed by atoms with Crippen molar-refractivity contribution in [3.05, 3.63) is 76.6 Å². The number of nitrogens with zero attached hydrogens (tertiary/aromatic N) is 4. The van der Waals surface area contributed by atoms with Crippen molar-refractivity contribution in [3.8, 4) is 17.1 Å². The number of carbonyl (C=O) groups excluding carboxylic acids is 1. The predicted molar refractivity (Wildman–Crippen MR) is 110 cm³/mol. The van der Waals surface area contributed by atoms with Crippen LogP contribution in [0.15, 0.2) is 54.7 Å². The van der Waals surface area contributed by atoms with Crippen molar-refractivity contribution in [2.45, 2.75) is 18.8 Å². The standard InChI is InChI=1S/C22H17ClN4O2/c1-29-17-8-4-14(5-9-17)21-25-22-24-19-10-15(13-2-6-16(23)7-3-13)11-20(28)18(19)12-27(22)26-21/h2-9,12,15H,10-11H2,1H3. The average molecular weight is 405 g/mol. The van der Waals surface area contributed by atoms with Gasteiger partial charge >= 0.3 is 0 Å². The highest BCUT2D eigenvalue weighted by atomic mass is 35.5. The maximum atomic E-state index is 12.8. The van der Waals surface area contributed by atoms with Crippen LogP contribution in [-0.2, 0) is 6.42 Å². The van der Waals surface area contributed by atoms with E-state index >= 15 is 0 Å². The smallest absolute Gasteiger partial charge is 0.252 e. The van der Waals surface area contributed by atoms with Gasteiger partial charge in [-0.05, 0) is 54.3 Å². The lowest BCUT2D eigenvalue weighted by Gasteiger charge is -2.23. The van der Waals surface area contributed by atoms with Crippen LogP contribution in [-0.4, -0.2) is 32.5 Å². The maximum Gasteiger partial charge on any atom is 0.252 e. The van der Waals surface area contributed by atoms with Gasteiger partial charge < -0.3 is 4.74 Å². The Hall–Kier alpha value is -3.25. The van der Waals surface area contributed by atoms with E-state index < -0.39 is 0 Å². The molecule has 6 nitrogen and oxygen atoms in total. The molecule has 0 radical (unpaired) electrons. The summed E-state index contributed by atoms with van der Waals surface area (Å²) in [7, 11) is 1.63. The van der Waals surface area contributed by atoms with Crippen molar-refractivity contribution < 1.29 is 9.53 Å². The first kappa shape index (κ1) is 17.8. The fourth-order valence-electron chi connectivity index (χ4n) is 3.72. The van der Waals surface area contributed by atoms with Gasteiger partial charge in [-0.25, -0.2) is 9.50 Å². The van der Waals surface area contributed by atoms with Crippen molar-refractivity contribution in [1.29, 1.82) is 0 Å². The Kier molecular flexibility index (Phi) is 4.28. The van der Waals surface area contributed by atoms with Gasteiger partial charge in [-0.15, -0.1) is 5.10 Å². The molecule has 1 aliphatic carbocycles. The minimum atomic E-state index is 0.0714. The number of carbonyl (C=O) groups is 1. The Labute approximate surface area is 172 Å². The predicted octanol–water partition coefficient (Wildman–Crippen LogP) is 4.37. The summed E-state index contributed by atoms with van der Waals surface area (Å²) in [6, 6.07) is 15.2. The second kappa shape index (κ2) is 6.97. The molecule has 1 atom stereocenters. The Morgan fingerprint density at radius 1 is 1.03 bits per heavy atom. The average Bonchev–Trinajstić information content (AvgIpc) is 3.16. The zero-order chi connectivity index (χ0) is 20.0. The highest BCUT2D eigenvalue weighted by molar-refractivity contribution is 6.30. The number of rotatable bonds is 3. The highest BCUT2D eigenvalue weighted by Gasteiger charge is 2.28. The molecule has 29 heavy (non-hydrogen) atoms. The summed E-state index contributed by atoms with van der Waals surface area (Å²) < 4.78 is 6.78. The second-order valence-corrected chi connectivity index (χ2v) is 7.53. The van der Waals surface area contributed by atoms with Gasteiger partial charge in [0.15, 0.2) is 11.6 Å². The van der Waals surface area contributed by atoms with Gasteiger partial charge in [-0.1, -0.05) is 23.7 Å². The van der Waals surface area contributed by atoms with Crippen molar-refractivity contribution >= 4 is 23.2 Å². The SMILES string of the molecule is COc1ccc(-c2nc3nc4c(cn3n2)C(=O)CC(c2ccc(Cl)cc2)C4)cc1. The lowest BCUT2D eigenvalue weighted by Crippen LogP contribution is -2.21. The molecule has 0 aliphatic heterocycles. The van der Waals surface area contributed by atoms with Gasteiger partial charge in [0.05, 0.1) is 18.4 Å². The van der Waals surface area contributed by atoms with Crippen LogP contribution in [0.4, 0.5) is 0 Å². The molecular formula is C22H17ClN4O2. The third-order valence-corrected chi connectivity index (χ3v) is 5.52. The van der Waals surface area contributed by atoms with Gasteiger partial charge in [0, 0.05) is 23.2 Å². The fourth-order valence-corrected chi connectivity index (χ4v) is 3.84. The molecule has 5 rings (SSSR count). The number of methoxy groups -OCH3 is 1. The normalized spacial score (nSPS) is 16.1. The first-order valence-corrected chi connectivity index (χ1v) is 9.68. The van der Waals surface area contributed by atoms with Crippen molar-refractivity contribution in [2.75, 3.05) is 7.11 Å². The number of aromatic nitrogens is 4. The molecule has 2 aromatic heterocycles.